The van der Waals surface area contributed by atoms with Crippen LogP contribution >= 0.6 is 0 Å². The van der Waals surface area contributed by atoms with Crippen molar-refractivity contribution in [2.75, 3.05) is 31.2 Å². The van der Waals surface area contributed by atoms with Crippen LogP contribution in [0.2, 0.25) is 0 Å². The summed E-state index contributed by atoms with van der Waals surface area (Å²) in [5, 5.41) is 0.763. The van der Waals surface area contributed by atoms with Crippen molar-refractivity contribution in [2.24, 2.45) is 11.7 Å². The topological polar surface area (TPSA) is 124 Å². The van der Waals surface area contributed by atoms with Crippen molar-refractivity contribution in [1.29, 1.82) is 0 Å². The fourth-order valence-electron chi connectivity index (χ4n) is 4.53. The van der Waals surface area contributed by atoms with E-state index in [4.69, 9.17) is 10.5 Å². The highest BCUT2D eigenvalue weighted by atomic mass is 16.5. The molecule has 1 aliphatic carbocycles. The average Bonchev–Trinajstić information content (AvgIpc) is 2.86. The number of allylic oxidation sites excluding steroid dienone is 4. The summed E-state index contributed by atoms with van der Waals surface area (Å²) < 4.78 is 5.44. The van der Waals surface area contributed by atoms with E-state index in [0.29, 0.717) is 35.9 Å². The maximum Gasteiger partial charge on any atom is 0.227 e. The number of nitrogens with two attached hydrogens (primary N) is 1. The Balaban J connectivity index is 1.55. The van der Waals surface area contributed by atoms with Crippen molar-refractivity contribution < 1.29 is 14.3 Å². The zero-order valence-electron chi connectivity index (χ0n) is 18.7. The third-order valence-electron chi connectivity index (χ3n) is 6.25. The van der Waals surface area contributed by atoms with E-state index in [-0.39, 0.29) is 5.78 Å². The number of anilines is 1. The number of ether oxygens (including phenoxy) is 1. The van der Waals surface area contributed by atoms with Gasteiger partial charge in [-0.25, -0.2) is 9.97 Å². The van der Waals surface area contributed by atoms with Crippen LogP contribution in [0.1, 0.15) is 23.0 Å². The first-order valence-corrected chi connectivity index (χ1v) is 11.1. The van der Waals surface area contributed by atoms with E-state index in [1.165, 1.54) is 18.6 Å². The fraction of sp³-hybridized carbons (Fsp3) is 0.280. The molecule has 0 radical (unpaired) electrons. The van der Waals surface area contributed by atoms with Gasteiger partial charge >= 0.3 is 0 Å². The van der Waals surface area contributed by atoms with E-state index in [1.807, 2.05) is 18.2 Å². The standard InChI is InChI=1S/C25H24N6O3/c1-15-23(28-7-6-27-15)22(25(26)33)16-2-5-21(32)19(12-16)24-18-4-3-17(13-20(18)29-14-30-24)31-8-10-34-11-9-31/h2-7,12-14,16,22H,8-11H2,1H3,(H2,26,33). The third-order valence-corrected chi connectivity index (χ3v) is 6.25. The van der Waals surface area contributed by atoms with Gasteiger partial charge in [0.05, 0.1) is 41.7 Å². The molecule has 3 aromatic rings. The number of amides is 1. The van der Waals surface area contributed by atoms with Crippen LogP contribution in [0.25, 0.3) is 16.5 Å². The molecule has 1 fully saturated rings. The Morgan fingerprint density at radius 2 is 1.94 bits per heavy atom. The van der Waals surface area contributed by atoms with Crippen LogP contribution in [0, 0.1) is 12.8 Å². The maximum absolute atomic E-state index is 12.9. The van der Waals surface area contributed by atoms with Gasteiger partial charge in [0, 0.05) is 48.0 Å². The average molecular weight is 457 g/mol. The summed E-state index contributed by atoms with van der Waals surface area (Å²) in [5.41, 5.74) is 9.61. The molecule has 9 nitrogen and oxygen atoms in total. The highest BCUT2D eigenvalue weighted by molar-refractivity contribution is 6.28. The summed E-state index contributed by atoms with van der Waals surface area (Å²) in [6.07, 6.45) is 9.47. The first kappa shape index (κ1) is 21.8. The van der Waals surface area contributed by atoms with Crippen LogP contribution in [-0.2, 0) is 14.3 Å². The summed E-state index contributed by atoms with van der Waals surface area (Å²) >= 11 is 0. The zero-order chi connectivity index (χ0) is 23.7. The molecule has 2 atom stereocenters. The fourth-order valence-corrected chi connectivity index (χ4v) is 4.53. The lowest BCUT2D eigenvalue weighted by Gasteiger charge is -2.29. The Bertz CT molecular complexity index is 1330. The predicted molar refractivity (Wildman–Crippen MR) is 127 cm³/mol. The lowest BCUT2D eigenvalue weighted by Crippen LogP contribution is -2.36. The lowest BCUT2D eigenvalue weighted by molar-refractivity contribution is -0.120. The van der Waals surface area contributed by atoms with Crippen molar-refractivity contribution in [3.63, 3.8) is 0 Å². The number of aromatic nitrogens is 4. The minimum atomic E-state index is -0.755. The summed E-state index contributed by atoms with van der Waals surface area (Å²) in [4.78, 5) is 45.1. The quantitative estimate of drug-likeness (QED) is 0.618. The molecule has 172 valence electrons. The SMILES string of the molecule is Cc1nccnc1C(C(N)=O)C1C=CC(=O)C(c2ncnc3cc(N4CCOCC4)ccc23)=C1. The Kier molecular flexibility index (Phi) is 5.85. The normalized spacial score (nSPS) is 19.2. The molecule has 5 rings (SSSR count). The summed E-state index contributed by atoms with van der Waals surface area (Å²) in [6, 6.07) is 5.95. The highest BCUT2D eigenvalue weighted by Gasteiger charge is 2.32. The van der Waals surface area contributed by atoms with Gasteiger partial charge in [0.1, 0.15) is 6.33 Å². The maximum atomic E-state index is 12.9. The molecule has 2 N–H and O–H groups in total. The number of primary amides is 1. The molecule has 9 heteroatoms. The van der Waals surface area contributed by atoms with Crippen LogP contribution in [0.4, 0.5) is 5.69 Å². The van der Waals surface area contributed by atoms with Crippen molar-refractivity contribution in [1.82, 2.24) is 19.9 Å². The molecule has 0 spiro atoms. The zero-order valence-corrected chi connectivity index (χ0v) is 18.7. The summed E-state index contributed by atoms with van der Waals surface area (Å²) in [5.74, 6) is -1.94. The number of carbonyl (C=O) groups is 2. The van der Waals surface area contributed by atoms with Gasteiger partial charge in [0.25, 0.3) is 0 Å². The van der Waals surface area contributed by atoms with Crippen molar-refractivity contribution in [2.45, 2.75) is 12.8 Å². The second-order valence-corrected chi connectivity index (χ2v) is 8.31. The number of hydrogen-bond acceptors (Lipinski definition) is 8. The number of morpholine rings is 1. The Morgan fingerprint density at radius 1 is 1.15 bits per heavy atom. The summed E-state index contributed by atoms with van der Waals surface area (Å²) in [7, 11) is 0. The molecule has 3 heterocycles. The number of nitrogens with zero attached hydrogens (tertiary/aromatic N) is 5. The predicted octanol–water partition coefficient (Wildman–Crippen LogP) is 1.97. The minimum Gasteiger partial charge on any atom is -0.378 e. The molecule has 2 unspecified atom stereocenters. The van der Waals surface area contributed by atoms with Gasteiger partial charge in [0.2, 0.25) is 5.91 Å². The number of fused-ring (bicyclic) bond motifs is 1. The third kappa shape index (κ3) is 4.06. The largest absolute Gasteiger partial charge is 0.378 e. The monoisotopic (exact) mass is 456 g/mol. The Labute approximate surface area is 196 Å². The molecule has 2 aromatic heterocycles. The minimum absolute atomic E-state index is 0.187. The van der Waals surface area contributed by atoms with Crippen LogP contribution < -0.4 is 10.6 Å². The molecule has 0 saturated carbocycles. The van der Waals surface area contributed by atoms with Crippen LogP contribution in [0.5, 0.6) is 0 Å². The van der Waals surface area contributed by atoms with E-state index < -0.39 is 17.7 Å². The van der Waals surface area contributed by atoms with Crippen molar-refractivity contribution in [3.05, 3.63) is 72.2 Å². The Morgan fingerprint density at radius 3 is 2.71 bits per heavy atom. The number of ketones is 1. The van der Waals surface area contributed by atoms with Gasteiger partial charge < -0.3 is 15.4 Å². The van der Waals surface area contributed by atoms with Crippen LogP contribution in [0.3, 0.4) is 0 Å². The molecular weight excluding hydrogens is 432 g/mol. The second-order valence-electron chi connectivity index (χ2n) is 8.31. The van der Waals surface area contributed by atoms with Gasteiger partial charge in [-0.1, -0.05) is 12.2 Å². The molecular formula is C25H24N6O3. The lowest BCUT2D eigenvalue weighted by atomic mass is 9.81. The number of benzene rings is 1. The second kappa shape index (κ2) is 9.11. The molecule has 1 aromatic carbocycles. The van der Waals surface area contributed by atoms with Crippen molar-refractivity contribution >= 4 is 33.9 Å². The molecule has 0 bridgehead atoms. The van der Waals surface area contributed by atoms with Crippen LogP contribution in [-0.4, -0.2) is 57.9 Å². The van der Waals surface area contributed by atoms with Gasteiger partial charge in [0.15, 0.2) is 5.78 Å². The number of rotatable bonds is 5. The highest BCUT2D eigenvalue weighted by Crippen LogP contribution is 2.34. The molecule has 1 saturated heterocycles. The number of carbonyl (C=O) groups excluding carboxylic acids is 2. The van der Waals surface area contributed by atoms with Crippen molar-refractivity contribution in [3.8, 4) is 0 Å². The van der Waals surface area contributed by atoms with E-state index in [2.05, 4.69) is 24.8 Å². The smallest absolute Gasteiger partial charge is 0.227 e. The van der Waals surface area contributed by atoms with E-state index in [0.717, 1.165) is 29.7 Å². The van der Waals surface area contributed by atoms with E-state index in [1.54, 1.807) is 25.3 Å². The van der Waals surface area contributed by atoms with Gasteiger partial charge in [-0.05, 0) is 31.2 Å². The van der Waals surface area contributed by atoms with Crippen LogP contribution in [0.15, 0.2) is 55.1 Å². The molecule has 34 heavy (non-hydrogen) atoms. The summed E-state index contributed by atoms with van der Waals surface area (Å²) in [6.45, 7) is 4.79. The molecule has 1 aliphatic heterocycles. The Hall–Kier alpha value is -3.98. The molecule has 1 amide bonds. The first-order chi connectivity index (χ1) is 16.5. The first-order valence-electron chi connectivity index (χ1n) is 11.1. The van der Waals surface area contributed by atoms with E-state index >= 15 is 0 Å². The van der Waals surface area contributed by atoms with E-state index in [9.17, 15) is 9.59 Å². The molecule has 2 aliphatic rings. The van der Waals surface area contributed by atoms with Gasteiger partial charge in [-0.2, -0.15) is 0 Å². The number of hydrogen-bond donors (Lipinski definition) is 1. The van der Waals surface area contributed by atoms with Gasteiger partial charge in [-0.3, -0.25) is 19.6 Å². The van der Waals surface area contributed by atoms with Gasteiger partial charge in [-0.15, -0.1) is 0 Å². The number of aryl methyl sites for hydroxylation is 1.